The van der Waals surface area contributed by atoms with Crippen molar-refractivity contribution in [3.05, 3.63) is 18.3 Å². The molecule has 19 heavy (non-hydrogen) atoms. The van der Waals surface area contributed by atoms with Crippen LogP contribution in [0.1, 0.15) is 12.8 Å². The Bertz CT molecular complexity index is 564. The summed E-state index contributed by atoms with van der Waals surface area (Å²) in [4.78, 5) is 15.5. The largest absolute Gasteiger partial charge is 0.335 e. The zero-order valence-corrected chi connectivity index (χ0v) is 11.6. The van der Waals surface area contributed by atoms with Gasteiger partial charge in [0.2, 0.25) is 10.0 Å². The van der Waals surface area contributed by atoms with Crippen LogP contribution in [0.25, 0.3) is 0 Å². The van der Waals surface area contributed by atoms with Crippen molar-refractivity contribution in [1.82, 2.24) is 14.6 Å². The van der Waals surface area contributed by atoms with Crippen LogP contribution in [0.3, 0.4) is 0 Å². The highest BCUT2D eigenvalue weighted by atomic mass is 32.2. The summed E-state index contributed by atoms with van der Waals surface area (Å²) in [6.07, 6.45) is 3.23. The lowest BCUT2D eigenvalue weighted by molar-refractivity contribution is 0.251. The summed E-state index contributed by atoms with van der Waals surface area (Å²) < 4.78 is 24.7. The molecular weight excluding hydrogens is 268 g/mol. The van der Waals surface area contributed by atoms with Crippen LogP contribution in [0.2, 0.25) is 0 Å². The van der Waals surface area contributed by atoms with Gasteiger partial charge in [0.15, 0.2) is 0 Å². The molecule has 0 aliphatic heterocycles. The van der Waals surface area contributed by atoms with E-state index in [9.17, 15) is 13.2 Å². The number of anilines is 1. The van der Waals surface area contributed by atoms with E-state index in [1.54, 1.807) is 0 Å². The van der Waals surface area contributed by atoms with Crippen LogP contribution in [-0.4, -0.2) is 43.9 Å². The topological polar surface area (TPSA) is 91.4 Å². The van der Waals surface area contributed by atoms with Gasteiger partial charge < -0.3 is 5.32 Å². The van der Waals surface area contributed by atoms with Gasteiger partial charge in [-0.05, 0) is 25.0 Å². The minimum Gasteiger partial charge on any atom is -0.335 e. The van der Waals surface area contributed by atoms with Crippen LogP contribution in [0.4, 0.5) is 10.6 Å². The van der Waals surface area contributed by atoms with E-state index in [1.165, 1.54) is 32.4 Å². The van der Waals surface area contributed by atoms with Gasteiger partial charge in [-0.25, -0.2) is 22.5 Å². The monoisotopic (exact) mass is 284 g/mol. The van der Waals surface area contributed by atoms with Crippen LogP contribution < -0.4 is 10.6 Å². The number of hydrogen-bond acceptors (Lipinski definition) is 4. The number of carbonyl (C=O) groups excluding carboxylic acids is 1. The third-order valence-corrected chi connectivity index (χ3v) is 4.47. The van der Waals surface area contributed by atoms with Crippen molar-refractivity contribution in [2.75, 3.05) is 19.4 Å². The third-order valence-electron chi connectivity index (χ3n) is 2.67. The quantitative estimate of drug-likeness (QED) is 0.847. The van der Waals surface area contributed by atoms with Crippen molar-refractivity contribution in [2.45, 2.75) is 23.8 Å². The molecule has 1 aliphatic rings. The van der Waals surface area contributed by atoms with E-state index in [1.807, 2.05) is 0 Å². The number of rotatable bonds is 4. The van der Waals surface area contributed by atoms with E-state index in [2.05, 4.69) is 15.6 Å². The van der Waals surface area contributed by atoms with E-state index in [0.717, 1.165) is 17.1 Å². The molecular formula is C11H16N4O3S. The van der Waals surface area contributed by atoms with Crippen LogP contribution in [0, 0.1) is 0 Å². The second-order valence-electron chi connectivity index (χ2n) is 4.54. The number of sulfonamides is 1. The molecule has 2 N–H and O–H groups in total. The van der Waals surface area contributed by atoms with Crippen molar-refractivity contribution >= 4 is 21.9 Å². The fraction of sp³-hybridized carbons (Fsp3) is 0.455. The maximum Gasteiger partial charge on any atom is 0.320 e. The summed E-state index contributed by atoms with van der Waals surface area (Å²) in [6.45, 7) is 0. The minimum absolute atomic E-state index is 0.0886. The van der Waals surface area contributed by atoms with Crippen LogP contribution in [0.15, 0.2) is 23.2 Å². The molecule has 1 heterocycles. The van der Waals surface area contributed by atoms with Gasteiger partial charge in [-0.2, -0.15) is 0 Å². The third kappa shape index (κ3) is 3.42. The number of amides is 2. The summed E-state index contributed by atoms with van der Waals surface area (Å²) >= 11 is 0. The Morgan fingerprint density at radius 1 is 1.37 bits per heavy atom. The fourth-order valence-corrected chi connectivity index (χ4v) is 2.23. The highest BCUT2D eigenvalue weighted by Gasteiger charge is 2.23. The predicted octanol–water partition coefficient (Wildman–Crippen LogP) is 0.616. The Morgan fingerprint density at radius 3 is 2.53 bits per heavy atom. The van der Waals surface area contributed by atoms with Gasteiger partial charge in [-0.15, -0.1) is 0 Å². The molecule has 1 aromatic rings. The lowest BCUT2D eigenvalue weighted by Crippen LogP contribution is -2.30. The summed E-state index contributed by atoms with van der Waals surface area (Å²) in [5.41, 5.74) is 0. The van der Waals surface area contributed by atoms with Gasteiger partial charge in [0.25, 0.3) is 0 Å². The summed E-state index contributed by atoms with van der Waals surface area (Å²) in [5, 5.41) is 5.30. The van der Waals surface area contributed by atoms with E-state index >= 15 is 0 Å². The average molecular weight is 284 g/mol. The molecule has 0 aromatic carbocycles. The molecule has 1 fully saturated rings. The van der Waals surface area contributed by atoms with Crippen molar-refractivity contribution in [3.8, 4) is 0 Å². The number of carbonyl (C=O) groups is 1. The molecule has 2 amide bonds. The maximum atomic E-state index is 11.8. The normalized spacial score (nSPS) is 15.3. The molecule has 7 nitrogen and oxygen atoms in total. The Morgan fingerprint density at radius 2 is 2.05 bits per heavy atom. The lowest BCUT2D eigenvalue weighted by Gasteiger charge is -2.11. The van der Waals surface area contributed by atoms with E-state index in [0.29, 0.717) is 5.82 Å². The van der Waals surface area contributed by atoms with Crippen molar-refractivity contribution in [2.24, 2.45) is 0 Å². The first-order valence-electron chi connectivity index (χ1n) is 5.85. The standard InChI is InChI=1S/C11H16N4O3S/c1-15(2)19(17,18)9-5-6-10(12-7-9)14-11(16)13-8-3-4-8/h5-8H,3-4H2,1-2H3,(H2,12,13,14,16). The molecule has 0 radical (unpaired) electrons. The smallest absolute Gasteiger partial charge is 0.320 e. The molecule has 104 valence electrons. The van der Waals surface area contributed by atoms with E-state index in [4.69, 9.17) is 0 Å². The molecule has 0 atom stereocenters. The molecule has 1 aromatic heterocycles. The fourth-order valence-electron chi connectivity index (χ4n) is 1.38. The summed E-state index contributed by atoms with van der Waals surface area (Å²) in [7, 11) is -0.591. The summed E-state index contributed by atoms with van der Waals surface area (Å²) in [5.74, 6) is 0.316. The Balaban J connectivity index is 2.03. The highest BCUT2D eigenvalue weighted by Crippen LogP contribution is 2.19. The van der Waals surface area contributed by atoms with Crippen LogP contribution in [-0.2, 0) is 10.0 Å². The number of aromatic nitrogens is 1. The first-order chi connectivity index (χ1) is 8.89. The van der Waals surface area contributed by atoms with Crippen molar-refractivity contribution < 1.29 is 13.2 Å². The molecule has 8 heteroatoms. The zero-order chi connectivity index (χ0) is 14.0. The van der Waals surface area contributed by atoms with Gasteiger partial charge in [0, 0.05) is 26.3 Å². The van der Waals surface area contributed by atoms with Gasteiger partial charge in [-0.3, -0.25) is 5.32 Å². The Kier molecular flexibility index (Phi) is 3.72. The van der Waals surface area contributed by atoms with Gasteiger partial charge in [0.05, 0.1) is 0 Å². The van der Waals surface area contributed by atoms with Gasteiger partial charge >= 0.3 is 6.03 Å². The SMILES string of the molecule is CN(C)S(=O)(=O)c1ccc(NC(=O)NC2CC2)nc1. The highest BCUT2D eigenvalue weighted by molar-refractivity contribution is 7.89. The minimum atomic E-state index is -3.49. The summed E-state index contributed by atoms with van der Waals surface area (Å²) in [6, 6.07) is 2.81. The predicted molar refractivity (Wildman–Crippen MR) is 70.3 cm³/mol. The van der Waals surface area contributed by atoms with Crippen molar-refractivity contribution in [1.29, 1.82) is 0 Å². The number of hydrogen-bond donors (Lipinski definition) is 2. The van der Waals surface area contributed by atoms with Crippen molar-refractivity contribution in [3.63, 3.8) is 0 Å². The second-order valence-corrected chi connectivity index (χ2v) is 6.69. The average Bonchev–Trinajstić information content (AvgIpc) is 3.13. The number of nitrogens with zero attached hydrogens (tertiary/aromatic N) is 2. The first kappa shape index (κ1) is 13.8. The van der Waals surface area contributed by atoms with Crippen LogP contribution in [0.5, 0.6) is 0 Å². The molecule has 0 saturated heterocycles. The number of urea groups is 1. The molecule has 0 unspecified atom stereocenters. The number of nitrogens with one attached hydrogen (secondary N) is 2. The maximum absolute atomic E-state index is 11.8. The molecule has 1 saturated carbocycles. The van der Waals surface area contributed by atoms with Gasteiger partial charge in [-0.1, -0.05) is 0 Å². The lowest BCUT2D eigenvalue weighted by atomic mass is 10.4. The molecule has 0 bridgehead atoms. The van der Waals surface area contributed by atoms with E-state index in [-0.39, 0.29) is 17.0 Å². The molecule has 1 aliphatic carbocycles. The number of pyridine rings is 1. The Labute approximate surface area is 112 Å². The first-order valence-corrected chi connectivity index (χ1v) is 7.29. The second kappa shape index (κ2) is 5.14. The molecule has 2 rings (SSSR count). The zero-order valence-electron chi connectivity index (χ0n) is 10.8. The van der Waals surface area contributed by atoms with E-state index < -0.39 is 10.0 Å². The Hall–Kier alpha value is -1.67. The van der Waals surface area contributed by atoms with Gasteiger partial charge in [0.1, 0.15) is 10.7 Å². The molecule has 0 spiro atoms. The van der Waals surface area contributed by atoms with Crippen LogP contribution >= 0.6 is 0 Å².